The van der Waals surface area contributed by atoms with E-state index in [-0.39, 0.29) is 53.4 Å². The summed E-state index contributed by atoms with van der Waals surface area (Å²) in [4.78, 5) is 29.5. The Hall–Kier alpha value is -0.760. The molecule has 0 aliphatic carbocycles. The number of carbonyl (C=O) groups excluding carboxylic acids is 2. The molecule has 0 amide bonds. The van der Waals surface area contributed by atoms with Gasteiger partial charge in [-0.3, -0.25) is 9.59 Å². The van der Waals surface area contributed by atoms with E-state index in [1.807, 2.05) is 24.3 Å². The number of hydrogen-bond donors (Lipinski definition) is 1. The molecule has 0 saturated heterocycles. The molecule has 0 fully saturated rings. The van der Waals surface area contributed by atoms with Gasteiger partial charge in [-0.05, 0) is 12.1 Å². The largest absolute Gasteiger partial charge is 2.00 e. The summed E-state index contributed by atoms with van der Waals surface area (Å²) >= 11 is 0.845. The van der Waals surface area contributed by atoms with Crippen molar-refractivity contribution in [2.24, 2.45) is 0 Å². The van der Waals surface area contributed by atoms with Crippen LogP contribution >= 0.6 is 12.0 Å². The van der Waals surface area contributed by atoms with Crippen LogP contribution in [0.3, 0.4) is 0 Å². The fourth-order valence-electron chi connectivity index (χ4n) is 1.40. The summed E-state index contributed by atoms with van der Waals surface area (Å²) < 4.78 is 9.36. The maximum absolute atomic E-state index is 11.4. The number of benzene rings is 1. The van der Waals surface area contributed by atoms with Gasteiger partial charge >= 0.3 is 49.7 Å². The van der Waals surface area contributed by atoms with E-state index in [9.17, 15) is 9.59 Å². The Labute approximate surface area is 152 Å². The van der Waals surface area contributed by atoms with Gasteiger partial charge in [0.15, 0.2) is 0 Å². The van der Waals surface area contributed by atoms with Crippen molar-refractivity contribution >= 4 is 72.8 Å². The van der Waals surface area contributed by atoms with Crippen LogP contribution in [0.4, 0.5) is 0 Å². The predicted octanol–water partition coefficient (Wildman–Crippen LogP) is 1.91. The van der Waals surface area contributed by atoms with E-state index in [1.54, 1.807) is 0 Å². The van der Waals surface area contributed by atoms with Crippen molar-refractivity contribution in [1.82, 2.24) is 9.97 Å². The number of H-pyrrole nitrogens is 1. The summed E-state index contributed by atoms with van der Waals surface area (Å²) in [5.74, 6) is -0.929. The molecular formula is C12H14CaN2O4S. The third kappa shape index (κ3) is 4.97. The molecule has 0 atom stereocenters. The third-order valence-corrected chi connectivity index (χ3v) is 2.96. The molecule has 104 valence electrons. The molecule has 0 aliphatic heterocycles. The number of para-hydroxylation sites is 2. The van der Waals surface area contributed by atoms with E-state index in [2.05, 4.69) is 14.7 Å². The van der Waals surface area contributed by atoms with E-state index < -0.39 is 11.9 Å². The molecule has 1 aromatic carbocycles. The van der Waals surface area contributed by atoms with Gasteiger partial charge in [0.25, 0.3) is 0 Å². The van der Waals surface area contributed by atoms with Crippen molar-refractivity contribution in [3.63, 3.8) is 0 Å². The van der Waals surface area contributed by atoms with Crippen LogP contribution in [0.5, 0.6) is 0 Å². The summed E-state index contributed by atoms with van der Waals surface area (Å²) in [5.41, 5.74) is 1.67. The molecule has 0 unspecified atom stereocenters. The second-order valence-electron chi connectivity index (χ2n) is 3.67. The summed E-state index contributed by atoms with van der Waals surface area (Å²) in [6.45, 7) is 0. The van der Waals surface area contributed by atoms with E-state index in [0.29, 0.717) is 5.16 Å². The number of esters is 1. The number of nitrogens with zero attached hydrogens (tertiary/aromatic N) is 1. The molecule has 0 radical (unpaired) electrons. The molecule has 0 saturated carbocycles. The Bertz CT molecular complexity index is 579. The van der Waals surface area contributed by atoms with Crippen LogP contribution in [-0.2, 0) is 18.5 Å². The Balaban J connectivity index is 0. The number of ether oxygens (including phenoxy) is 1. The Kier molecular flexibility index (Phi) is 7.36. The van der Waals surface area contributed by atoms with Crippen LogP contribution in [-0.4, -0.2) is 66.8 Å². The van der Waals surface area contributed by atoms with Crippen LogP contribution in [0, 0.1) is 0 Å². The first-order chi connectivity index (χ1) is 9.19. The first-order valence-electron chi connectivity index (χ1n) is 5.58. The number of fused-ring (bicyclic) bond motifs is 1. The van der Waals surface area contributed by atoms with Gasteiger partial charge in [-0.2, -0.15) is 0 Å². The molecule has 1 N–H and O–H groups in total. The summed E-state index contributed by atoms with van der Waals surface area (Å²) in [5, 5.41) is 0.493. The van der Waals surface area contributed by atoms with Gasteiger partial charge in [-0.15, -0.1) is 0 Å². The third-order valence-electron chi connectivity index (χ3n) is 2.34. The molecule has 1 heterocycles. The van der Waals surface area contributed by atoms with Crippen LogP contribution < -0.4 is 0 Å². The first-order valence-corrected chi connectivity index (χ1v) is 6.32. The number of nitrogens with one attached hydrogen (secondary N) is 1. The topological polar surface area (TPSA) is 81.3 Å². The fraction of sp³-hybridized carbons (Fsp3) is 0.250. The molecule has 20 heavy (non-hydrogen) atoms. The van der Waals surface area contributed by atoms with Crippen molar-refractivity contribution < 1.29 is 21.4 Å². The predicted molar refractivity (Wildman–Crippen MR) is 77.3 cm³/mol. The SMILES string of the molecule is COC(=O)CCC(=O)OSc1nc2ccccc2[nH]1.[Ca+2].[H-].[H-]. The van der Waals surface area contributed by atoms with Crippen molar-refractivity contribution in [1.29, 1.82) is 0 Å². The molecule has 2 rings (SSSR count). The second kappa shape index (κ2) is 8.51. The van der Waals surface area contributed by atoms with Crippen LogP contribution in [0.1, 0.15) is 15.7 Å². The van der Waals surface area contributed by atoms with E-state index >= 15 is 0 Å². The Morgan fingerprint density at radius 1 is 1.30 bits per heavy atom. The number of rotatable bonds is 5. The zero-order chi connectivity index (χ0) is 13.7. The Morgan fingerprint density at radius 2 is 2.00 bits per heavy atom. The zero-order valence-corrected chi connectivity index (χ0v) is 13.9. The molecule has 0 bridgehead atoms. The average Bonchev–Trinajstić information content (AvgIpc) is 2.85. The van der Waals surface area contributed by atoms with Crippen molar-refractivity contribution in [2.75, 3.05) is 7.11 Å². The average molecular weight is 322 g/mol. The van der Waals surface area contributed by atoms with Crippen molar-refractivity contribution in [3.8, 4) is 0 Å². The number of hydrogen-bond acceptors (Lipinski definition) is 6. The van der Waals surface area contributed by atoms with Gasteiger partial charge in [0, 0.05) is 0 Å². The molecule has 8 heteroatoms. The smallest absolute Gasteiger partial charge is 1.00 e. The van der Waals surface area contributed by atoms with Crippen LogP contribution in [0.25, 0.3) is 11.0 Å². The minimum absolute atomic E-state index is 0. The van der Waals surface area contributed by atoms with Gasteiger partial charge in [0.1, 0.15) is 12.0 Å². The Morgan fingerprint density at radius 3 is 2.70 bits per heavy atom. The van der Waals surface area contributed by atoms with E-state index in [0.717, 1.165) is 23.1 Å². The minimum Gasteiger partial charge on any atom is -1.00 e. The van der Waals surface area contributed by atoms with Crippen molar-refractivity contribution in [3.05, 3.63) is 24.3 Å². The van der Waals surface area contributed by atoms with E-state index in [4.69, 9.17) is 4.18 Å². The van der Waals surface area contributed by atoms with Gasteiger partial charge < -0.3 is 16.8 Å². The second-order valence-corrected chi connectivity index (χ2v) is 4.39. The summed E-state index contributed by atoms with van der Waals surface area (Å²) in [6, 6.07) is 7.50. The van der Waals surface area contributed by atoms with Gasteiger partial charge in [0.2, 0.25) is 5.16 Å². The van der Waals surface area contributed by atoms with Crippen molar-refractivity contribution in [2.45, 2.75) is 18.0 Å². The summed E-state index contributed by atoms with van der Waals surface area (Å²) in [7, 11) is 1.27. The number of methoxy groups -OCH3 is 1. The molecule has 2 aromatic rings. The zero-order valence-electron chi connectivity index (χ0n) is 12.9. The van der Waals surface area contributed by atoms with Gasteiger partial charge in [-0.25, -0.2) is 4.98 Å². The number of carbonyl (C=O) groups is 2. The standard InChI is InChI=1S/C12H12N2O4S.Ca.2H/c1-17-10(15)6-7-11(16)18-19-12-13-8-4-2-3-5-9(8)14-12;;;/h2-5H,6-7H2,1H3,(H,13,14);;;/q;+2;2*-1. The molecule has 6 nitrogen and oxygen atoms in total. The molecule has 1 aromatic heterocycles. The maximum Gasteiger partial charge on any atom is 2.00 e. The number of aromatic nitrogens is 2. The first kappa shape index (κ1) is 17.3. The normalized spacial score (nSPS) is 9.85. The maximum atomic E-state index is 11.4. The van der Waals surface area contributed by atoms with Gasteiger partial charge in [-0.1, -0.05) is 12.1 Å². The molecule has 0 aliphatic rings. The fourth-order valence-corrected chi connectivity index (χ4v) is 1.95. The summed E-state index contributed by atoms with van der Waals surface area (Å²) in [6.07, 6.45) is -0.00404. The minimum atomic E-state index is -0.490. The quantitative estimate of drug-likeness (QED) is 0.514. The number of aromatic amines is 1. The monoisotopic (exact) mass is 322 g/mol. The van der Waals surface area contributed by atoms with Gasteiger partial charge in [0.05, 0.1) is 31.0 Å². The number of imidazole rings is 1. The molecule has 0 spiro atoms. The van der Waals surface area contributed by atoms with Crippen LogP contribution in [0.2, 0.25) is 0 Å². The van der Waals surface area contributed by atoms with Crippen LogP contribution in [0.15, 0.2) is 29.4 Å². The molecular weight excluding hydrogens is 308 g/mol. The van der Waals surface area contributed by atoms with E-state index in [1.165, 1.54) is 7.11 Å².